The number of carbonyl (C=O) groups is 2. The van der Waals surface area contributed by atoms with Gasteiger partial charge in [-0.25, -0.2) is 8.42 Å². The van der Waals surface area contributed by atoms with E-state index in [1.54, 1.807) is 42.5 Å². The van der Waals surface area contributed by atoms with E-state index >= 15 is 0 Å². The summed E-state index contributed by atoms with van der Waals surface area (Å²) in [5.41, 5.74) is 2.53. The zero-order valence-corrected chi connectivity index (χ0v) is 28.9. The van der Waals surface area contributed by atoms with Crippen LogP contribution in [0, 0.1) is 0 Å². The molecule has 0 fully saturated rings. The van der Waals surface area contributed by atoms with Crippen LogP contribution in [0.3, 0.4) is 0 Å². The van der Waals surface area contributed by atoms with Gasteiger partial charge in [0.05, 0.1) is 11.9 Å². The van der Waals surface area contributed by atoms with Crippen LogP contribution in [0.25, 0.3) is 0 Å². The highest BCUT2D eigenvalue weighted by Gasteiger charge is 2.34. The Kier molecular flexibility index (Phi) is 12.7. The zero-order chi connectivity index (χ0) is 34.0. The third-order valence-electron chi connectivity index (χ3n) is 7.71. The summed E-state index contributed by atoms with van der Waals surface area (Å²) in [5.74, 6) is -0.432. The summed E-state index contributed by atoms with van der Waals surface area (Å²) in [5, 5.41) is 3.64. The fourth-order valence-electron chi connectivity index (χ4n) is 4.91. The molecule has 47 heavy (non-hydrogen) atoms. The summed E-state index contributed by atoms with van der Waals surface area (Å²) in [6, 6.07) is 29.3. The van der Waals surface area contributed by atoms with Crippen molar-refractivity contribution < 1.29 is 22.7 Å². The fraction of sp³-hybridized carbons (Fsp3) is 0.278. The van der Waals surface area contributed by atoms with Crippen molar-refractivity contribution in [3.05, 3.63) is 130 Å². The quantitative estimate of drug-likeness (QED) is 0.146. The number of nitrogens with one attached hydrogen (secondary N) is 1. The summed E-state index contributed by atoms with van der Waals surface area (Å²) in [7, 11) is -3.94. The van der Waals surface area contributed by atoms with Gasteiger partial charge in [0.15, 0.2) is 0 Å². The Morgan fingerprint density at radius 2 is 1.40 bits per heavy atom. The molecule has 2 amide bonds. The number of amides is 2. The molecule has 2 atom stereocenters. The number of anilines is 1. The lowest BCUT2D eigenvalue weighted by molar-refractivity contribution is -0.140. The highest BCUT2D eigenvalue weighted by Crippen LogP contribution is 2.28. The third-order valence-corrected chi connectivity index (χ3v) is 9.56. The minimum atomic E-state index is -3.94. The number of carbonyl (C=O) groups excluding carboxylic acids is 2. The number of sulfonamides is 1. The Hall–Kier alpha value is -4.05. The third kappa shape index (κ3) is 10.2. The normalized spacial score (nSPS) is 12.5. The standard InChI is InChI=1S/C36H39Cl2N3O5S/c1-4-26(2)39-36(43)34(22-27-12-7-5-8-13-27)40(23-31-32(37)16-11-17-33(31)38)35(42)24-41(47(3,44)45)29-18-20-30(21-19-29)46-25-28-14-9-6-10-15-28/h5-21,26,34H,4,22-25H2,1-3H3,(H,39,43)/t26-,34-/m1/s1. The predicted octanol–water partition coefficient (Wildman–Crippen LogP) is 6.89. The number of ether oxygens (including phenoxy) is 1. The molecule has 0 bridgehead atoms. The molecule has 4 aromatic carbocycles. The first-order valence-electron chi connectivity index (χ1n) is 15.3. The van der Waals surface area contributed by atoms with E-state index in [2.05, 4.69) is 5.32 Å². The Balaban J connectivity index is 1.68. The van der Waals surface area contributed by atoms with E-state index in [0.29, 0.717) is 34.4 Å². The van der Waals surface area contributed by atoms with E-state index < -0.39 is 28.5 Å². The second kappa shape index (κ2) is 16.7. The number of nitrogens with zero attached hydrogens (tertiary/aromatic N) is 2. The van der Waals surface area contributed by atoms with Crippen molar-refractivity contribution in [2.24, 2.45) is 0 Å². The topological polar surface area (TPSA) is 96.0 Å². The van der Waals surface area contributed by atoms with E-state index in [4.69, 9.17) is 27.9 Å². The van der Waals surface area contributed by atoms with Crippen LogP contribution in [0.2, 0.25) is 10.0 Å². The van der Waals surface area contributed by atoms with Crippen LogP contribution >= 0.6 is 23.2 Å². The first-order valence-corrected chi connectivity index (χ1v) is 17.9. The van der Waals surface area contributed by atoms with Crippen molar-refractivity contribution in [3.8, 4) is 5.75 Å². The fourth-order valence-corrected chi connectivity index (χ4v) is 6.28. The van der Waals surface area contributed by atoms with Gasteiger partial charge in [-0.3, -0.25) is 13.9 Å². The predicted molar refractivity (Wildman–Crippen MR) is 188 cm³/mol. The van der Waals surface area contributed by atoms with Crippen LogP contribution in [0.4, 0.5) is 5.69 Å². The molecule has 4 aromatic rings. The molecule has 8 nitrogen and oxygen atoms in total. The highest BCUT2D eigenvalue weighted by molar-refractivity contribution is 7.92. The smallest absolute Gasteiger partial charge is 0.244 e. The molecule has 248 valence electrons. The SMILES string of the molecule is CC[C@@H](C)NC(=O)[C@@H](Cc1ccccc1)N(Cc1c(Cl)cccc1Cl)C(=O)CN(c1ccc(OCc2ccccc2)cc1)S(C)(=O)=O. The van der Waals surface area contributed by atoms with Crippen LogP contribution < -0.4 is 14.4 Å². The summed E-state index contributed by atoms with van der Waals surface area (Å²) in [6.07, 6.45) is 1.90. The molecule has 0 radical (unpaired) electrons. The van der Waals surface area contributed by atoms with Crippen molar-refractivity contribution in [1.29, 1.82) is 0 Å². The van der Waals surface area contributed by atoms with E-state index in [0.717, 1.165) is 21.7 Å². The molecular formula is C36H39Cl2N3O5S. The van der Waals surface area contributed by atoms with Crippen LogP contribution in [-0.4, -0.2) is 50.0 Å². The van der Waals surface area contributed by atoms with Gasteiger partial charge < -0.3 is 15.0 Å². The largest absolute Gasteiger partial charge is 0.489 e. The van der Waals surface area contributed by atoms with Crippen LogP contribution in [0.5, 0.6) is 5.75 Å². The molecular weight excluding hydrogens is 657 g/mol. The maximum atomic E-state index is 14.3. The summed E-state index contributed by atoms with van der Waals surface area (Å²) >= 11 is 13.1. The molecule has 11 heteroatoms. The summed E-state index contributed by atoms with van der Waals surface area (Å²) < 4.78 is 33.1. The monoisotopic (exact) mass is 695 g/mol. The van der Waals surface area contributed by atoms with Crippen molar-refractivity contribution in [3.63, 3.8) is 0 Å². The molecule has 0 aliphatic heterocycles. The Morgan fingerprint density at radius 3 is 1.96 bits per heavy atom. The van der Waals surface area contributed by atoms with Gasteiger partial charge in [0, 0.05) is 34.6 Å². The molecule has 0 heterocycles. The second-order valence-electron chi connectivity index (χ2n) is 11.3. The minimum absolute atomic E-state index is 0.118. The van der Waals surface area contributed by atoms with Crippen LogP contribution in [-0.2, 0) is 39.2 Å². The molecule has 0 spiro atoms. The second-order valence-corrected chi connectivity index (χ2v) is 14.0. The Labute approximate surface area is 287 Å². The molecule has 0 aromatic heterocycles. The maximum absolute atomic E-state index is 14.3. The Morgan fingerprint density at radius 1 is 0.830 bits per heavy atom. The summed E-state index contributed by atoms with van der Waals surface area (Å²) in [4.78, 5) is 29.6. The van der Waals surface area contributed by atoms with Crippen molar-refractivity contribution in [1.82, 2.24) is 10.2 Å². The van der Waals surface area contributed by atoms with E-state index in [1.807, 2.05) is 74.5 Å². The lowest BCUT2D eigenvalue weighted by atomic mass is 10.0. The highest BCUT2D eigenvalue weighted by atomic mass is 35.5. The van der Waals surface area contributed by atoms with Crippen LogP contribution in [0.15, 0.2) is 103 Å². The first kappa shape index (κ1) is 35.8. The van der Waals surface area contributed by atoms with Gasteiger partial charge in [-0.2, -0.15) is 0 Å². The van der Waals surface area contributed by atoms with E-state index in [-0.39, 0.29) is 30.6 Å². The van der Waals surface area contributed by atoms with Gasteiger partial charge in [0.25, 0.3) is 0 Å². The number of hydrogen-bond acceptors (Lipinski definition) is 5. The molecule has 0 saturated carbocycles. The number of halogens is 2. The average molecular weight is 697 g/mol. The molecule has 0 unspecified atom stereocenters. The number of benzene rings is 4. The van der Waals surface area contributed by atoms with Crippen molar-refractivity contribution in [2.75, 3.05) is 17.1 Å². The van der Waals surface area contributed by atoms with Crippen molar-refractivity contribution in [2.45, 2.75) is 51.9 Å². The van der Waals surface area contributed by atoms with E-state index in [9.17, 15) is 18.0 Å². The van der Waals surface area contributed by atoms with Crippen molar-refractivity contribution >= 4 is 50.7 Å². The van der Waals surface area contributed by atoms with Gasteiger partial charge in [-0.15, -0.1) is 0 Å². The van der Waals surface area contributed by atoms with E-state index in [1.165, 1.54) is 4.90 Å². The molecule has 0 aliphatic carbocycles. The van der Waals surface area contributed by atoms with Gasteiger partial charge in [-0.05, 0) is 60.9 Å². The van der Waals surface area contributed by atoms with Gasteiger partial charge in [0.1, 0.15) is 24.9 Å². The lowest BCUT2D eigenvalue weighted by Gasteiger charge is -2.34. The van der Waals surface area contributed by atoms with Gasteiger partial charge >= 0.3 is 0 Å². The Bertz CT molecular complexity index is 1720. The lowest BCUT2D eigenvalue weighted by Crippen LogP contribution is -2.54. The molecule has 1 N–H and O–H groups in total. The molecule has 0 aliphatic rings. The molecule has 0 saturated heterocycles. The average Bonchev–Trinajstić information content (AvgIpc) is 3.06. The number of rotatable bonds is 15. The van der Waals surface area contributed by atoms with Gasteiger partial charge in [-0.1, -0.05) is 96.9 Å². The minimum Gasteiger partial charge on any atom is -0.489 e. The molecule has 4 rings (SSSR count). The van der Waals surface area contributed by atoms with Crippen LogP contribution in [0.1, 0.15) is 37.0 Å². The zero-order valence-electron chi connectivity index (χ0n) is 26.6. The maximum Gasteiger partial charge on any atom is 0.244 e. The first-order chi connectivity index (χ1) is 22.5. The van der Waals surface area contributed by atoms with Gasteiger partial charge in [0.2, 0.25) is 21.8 Å². The number of hydrogen-bond donors (Lipinski definition) is 1. The summed E-state index contributed by atoms with van der Waals surface area (Å²) in [6.45, 7) is 3.49.